The fourth-order valence-electron chi connectivity index (χ4n) is 2.51. The highest BCUT2D eigenvalue weighted by atomic mass is 16.1. The molecule has 0 bridgehead atoms. The van der Waals surface area contributed by atoms with Gasteiger partial charge in [-0.2, -0.15) is 0 Å². The van der Waals surface area contributed by atoms with Crippen molar-refractivity contribution in [1.29, 1.82) is 0 Å². The monoisotopic (exact) mass is 247 g/mol. The molecule has 1 aromatic rings. The highest BCUT2D eigenvalue weighted by Crippen LogP contribution is 2.31. The first kappa shape index (κ1) is 13.0. The lowest BCUT2D eigenvalue weighted by molar-refractivity contribution is 0.0860. The molecule has 0 spiro atoms. The van der Waals surface area contributed by atoms with Crippen LogP contribution in [0.3, 0.4) is 0 Å². The summed E-state index contributed by atoms with van der Waals surface area (Å²) in [5.74, 6) is 0.694. The van der Waals surface area contributed by atoms with E-state index in [2.05, 4.69) is 17.2 Å². The van der Waals surface area contributed by atoms with Crippen molar-refractivity contribution in [3.8, 4) is 0 Å². The molecule has 98 valence electrons. The van der Waals surface area contributed by atoms with E-state index in [4.69, 9.17) is 5.73 Å². The lowest BCUT2D eigenvalue weighted by Gasteiger charge is -2.39. The van der Waals surface area contributed by atoms with Crippen molar-refractivity contribution in [3.05, 3.63) is 30.1 Å². The van der Waals surface area contributed by atoms with Crippen LogP contribution in [0.4, 0.5) is 0 Å². The highest BCUT2D eigenvalue weighted by molar-refractivity contribution is 5.94. The largest absolute Gasteiger partial charge is 0.345 e. The Morgan fingerprint density at radius 3 is 2.61 bits per heavy atom. The number of hydrogen-bond donors (Lipinski definition) is 2. The van der Waals surface area contributed by atoms with Gasteiger partial charge in [-0.25, -0.2) is 0 Å². The first-order valence-electron chi connectivity index (χ1n) is 6.58. The lowest BCUT2D eigenvalue weighted by Crippen LogP contribution is -2.55. The van der Waals surface area contributed by atoms with Crippen molar-refractivity contribution in [3.63, 3.8) is 0 Å². The summed E-state index contributed by atoms with van der Waals surface area (Å²) in [5.41, 5.74) is 6.32. The van der Waals surface area contributed by atoms with Gasteiger partial charge in [0.1, 0.15) is 0 Å². The average Bonchev–Trinajstić information content (AvgIpc) is 2.43. The Balaban J connectivity index is 2.05. The molecule has 1 aliphatic rings. The molecule has 4 nitrogen and oxygen atoms in total. The van der Waals surface area contributed by atoms with Gasteiger partial charge in [0.25, 0.3) is 5.91 Å². The molecule has 18 heavy (non-hydrogen) atoms. The van der Waals surface area contributed by atoms with E-state index >= 15 is 0 Å². The van der Waals surface area contributed by atoms with Gasteiger partial charge < -0.3 is 11.1 Å². The summed E-state index contributed by atoms with van der Waals surface area (Å²) >= 11 is 0. The predicted octanol–water partition coefficient (Wildman–Crippen LogP) is 1.72. The van der Waals surface area contributed by atoms with Gasteiger partial charge in [0.15, 0.2) is 0 Å². The number of aromatic nitrogens is 1. The molecule has 3 N–H and O–H groups in total. The number of nitrogens with two attached hydrogens (primary N) is 1. The number of hydrogen-bond acceptors (Lipinski definition) is 3. The summed E-state index contributed by atoms with van der Waals surface area (Å²) in [5, 5.41) is 3.13. The Bertz CT molecular complexity index is 397. The summed E-state index contributed by atoms with van der Waals surface area (Å²) < 4.78 is 0. The van der Waals surface area contributed by atoms with Crippen LogP contribution in [0.2, 0.25) is 0 Å². The van der Waals surface area contributed by atoms with Gasteiger partial charge >= 0.3 is 0 Å². The molecule has 0 atom stereocenters. The Kier molecular flexibility index (Phi) is 3.97. The van der Waals surface area contributed by atoms with E-state index in [0.29, 0.717) is 12.1 Å². The maximum Gasteiger partial charge on any atom is 0.251 e. The summed E-state index contributed by atoms with van der Waals surface area (Å²) in [6.07, 6.45) is 7.48. The van der Waals surface area contributed by atoms with Crippen LogP contribution in [0, 0.1) is 5.92 Å². The Morgan fingerprint density at radius 2 is 2.06 bits per heavy atom. The van der Waals surface area contributed by atoms with E-state index in [0.717, 1.165) is 31.6 Å². The molecule has 0 aromatic carbocycles. The van der Waals surface area contributed by atoms with E-state index in [1.54, 1.807) is 24.5 Å². The third kappa shape index (κ3) is 2.88. The molecular formula is C14H21N3O. The smallest absolute Gasteiger partial charge is 0.251 e. The molecule has 0 saturated heterocycles. The van der Waals surface area contributed by atoms with Crippen molar-refractivity contribution >= 4 is 5.91 Å². The minimum atomic E-state index is -0.215. The third-order valence-corrected chi connectivity index (χ3v) is 3.94. The average molecular weight is 247 g/mol. The Morgan fingerprint density at radius 1 is 1.44 bits per heavy atom. The molecule has 0 radical (unpaired) electrons. The van der Waals surface area contributed by atoms with Gasteiger partial charge in [0.05, 0.1) is 5.54 Å². The number of pyridine rings is 1. The maximum atomic E-state index is 12.2. The first-order chi connectivity index (χ1) is 8.65. The fraction of sp³-hybridized carbons (Fsp3) is 0.571. The standard InChI is InChI=1S/C14H21N3O/c1-11-2-6-14(10-15,7-3-11)17-13(18)12-4-8-16-9-5-12/h4-5,8-9,11H,2-3,6-7,10,15H2,1H3,(H,17,18). The maximum absolute atomic E-state index is 12.2. The molecule has 1 saturated carbocycles. The second-order valence-corrected chi connectivity index (χ2v) is 5.36. The molecule has 1 heterocycles. The number of nitrogens with zero attached hydrogens (tertiary/aromatic N) is 1. The molecule has 2 rings (SSSR count). The normalized spacial score (nSPS) is 27.8. The lowest BCUT2D eigenvalue weighted by atomic mass is 9.77. The number of amides is 1. The molecule has 0 aliphatic heterocycles. The van der Waals surface area contributed by atoms with E-state index in [-0.39, 0.29) is 11.4 Å². The van der Waals surface area contributed by atoms with Gasteiger partial charge in [-0.3, -0.25) is 9.78 Å². The zero-order valence-electron chi connectivity index (χ0n) is 10.9. The fourth-order valence-corrected chi connectivity index (χ4v) is 2.51. The van der Waals surface area contributed by atoms with E-state index in [9.17, 15) is 4.79 Å². The summed E-state index contributed by atoms with van der Waals surface area (Å²) in [4.78, 5) is 16.1. The first-order valence-corrected chi connectivity index (χ1v) is 6.58. The van der Waals surface area contributed by atoms with Gasteiger partial charge in [0.2, 0.25) is 0 Å². The number of rotatable bonds is 3. The minimum Gasteiger partial charge on any atom is -0.345 e. The van der Waals surface area contributed by atoms with Crippen LogP contribution in [0.5, 0.6) is 0 Å². The van der Waals surface area contributed by atoms with Crippen molar-refractivity contribution in [2.75, 3.05) is 6.54 Å². The Hall–Kier alpha value is -1.42. The quantitative estimate of drug-likeness (QED) is 0.854. The summed E-state index contributed by atoms with van der Waals surface area (Å²) in [6.45, 7) is 2.77. The topological polar surface area (TPSA) is 68.0 Å². The molecule has 4 heteroatoms. The second-order valence-electron chi connectivity index (χ2n) is 5.36. The van der Waals surface area contributed by atoms with Crippen LogP contribution in [0.25, 0.3) is 0 Å². The van der Waals surface area contributed by atoms with Gasteiger partial charge in [-0.05, 0) is 43.7 Å². The second kappa shape index (κ2) is 5.48. The molecule has 1 amide bonds. The van der Waals surface area contributed by atoms with Crippen molar-refractivity contribution in [2.24, 2.45) is 11.7 Å². The van der Waals surface area contributed by atoms with E-state index in [1.165, 1.54) is 0 Å². The van der Waals surface area contributed by atoms with Crippen LogP contribution in [0.1, 0.15) is 43.0 Å². The predicted molar refractivity (Wildman–Crippen MR) is 71.1 cm³/mol. The van der Waals surface area contributed by atoms with Crippen LogP contribution in [-0.2, 0) is 0 Å². The van der Waals surface area contributed by atoms with Crippen LogP contribution in [0.15, 0.2) is 24.5 Å². The van der Waals surface area contributed by atoms with E-state index < -0.39 is 0 Å². The SMILES string of the molecule is CC1CCC(CN)(NC(=O)c2ccncc2)CC1. The van der Waals surface area contributed by atoms with Crippen molar-refractivity contribution in [1.82, 2.24) is 10.3 Å². The number of carbonyl (C=O) groups is 1. The minimum absolute atomic E-state index is 0.0441. The third-order valence-electron chi connectivity index (χ3n) is 3.94. The molecule has 1 fully saturated rings. The van der Waals surface area contributed by atoms with Gasteiger partial charge in [-0.1, -0.05) is 6.92 Å². The highest BCUT2D eigenvalue weighted by Gasteiger charge is 2.34. The number of carbonyl (C=O) groups excluding carboxylic acids is 1. The van der Waals surface area contributed by atoms with Gasteiger partial charge in [0, 0.05) is 24.5 Å². The van der Waals surface area contributed by atoms with Crippen LogP contribution in [-0.4, -0.2) is 23.0 Å². The Labute approximate surface area is 108 Å². The summed E-state index contributed by atoms with van der Waals surface area (Å²) in [6, 6.07) is 3.45. The van der Waals surface area contributed by atoms with Gasteiger partial charge in [-0.15, -0.1) is 0 Å². The van der Waals surface area contributed by atoms with Crippen LogP contribution >= 0.6 is 0 Å². The van der Waals surface area contributed by atoms with Crippen LogP contribution < -0.4 is 11.1 Å². The molecular weight excluding hydrogens is 226 g/mol. The zero-order chi connectivity index (χ0) is 13.0. The molecule has 1 aromatic heterocycles. The zero-order valence-corrected chi connectivity index (χ0v) is 10.9. The van der Waals surface area contributed by atoms with Crippen molar-refractivity contribution < 1.29 is 4.79 Å². The number of nitrogens with one attached hydrogen (secondary N) is 1. The molecule has 1 aliphatic carbocycles. The van der Waals surface area contributed by atoms with Crippen molar-refractivity contribution in [2.45, 2.75) is 38.1 Å². The summed E-state index contributed by atoms with van der Waals surface area (Å²) in [7, 11) is 0. The molecule has 0 unspecified atom stereocenters. The van der Waals surface area contributed by atoms with E-state index in [1.807, 2.05) is 0 Å².